The second kappa shape index (κ2) is 6.10. The lowest BCUT2D eigenvalue weighted by molar-refractivity contribution is -0.140. The summed E-state index contributed by atoms with van der Waals surface area (Å²) in [7, 11) is 0. The van der Waals surface area contributed by atoms with Crippen molar-refractivity contribution >= 4 is 23.6 Å². The van der Waals surface area contributed by atoms with Crippen LogP contribution in [0.5, 0.6) is 0 Å². The highest BCUT2D eigenvalue weighted by molar-refractivity contribution is 7.98. The molecule has 0 aliphatic heterocycles. The van der Waals surface area contributed by atoms with Gasteiger partial charge in [-0.1, -0.05) is 0 Å². The van der Waals surface area contributed by atoms with Gasteiger partial charge in [-0.25, -0.2) is 9.78 Å². The summed E-state index contributed by atoms with van der Waals surface area (Å²) < 4.78 is 2.15. The number of rotatable bonds is 7. The minimum atomic E-state index is -1.00. The average molecular weight is 283 g/mol. The third-order valence-electron chi connectivity index (χ3n) is 2.90. The highest BCUT2D eigenvalue weighted by atomic mass is 32.2. The van der Waals surface area contributed by atoms with E-state index in [9.17, 15) is 9.59 Å². The zero-order chi connectivity index (χ0) is 13.8. The van der Waals surface area contributed by atoms with Crippen molar-refractivity contribution in [2.45, 2.75) is 37.6 Å². The molecule has 0 aromatic carbocycles. The van der Waals surface area contributed by atoms with Gasteiger partial charge in [0.15, 0.2) is 0 Å². The largest absolute Gasteiger partial charge is 0.480 e. The zero-order valence-corrected chi connectivity index (χ0v) is 11.5. The quantitative estimate of drug-likeness (QED) is 0.781. The summed E-state index contributed by atoms with van der Waals surface area (Å²) >= 11 is 1.49. The maximum Gasteiger partial charge on any atom is 0.327 e. The van der Waals surface area contributed by atoms with Gasteiger partial charge in [-0.2, -0.15) is 11.8 Å². The van der Waals surface area contributed by atoms with E-state index in [1.165, 1.54) is 31.5 Å². The predicted molar refractivity (Wildman–Crippen MR) is 71.9 cm³/mol. The molecule has 1 saturated carbocycles. The number of hydrogen-bond acceptors (Lipinski definition) is 4. The fourth-order valence-electron chi connectivity index (χ4n) is 1.83. The van der Waals surface area contributed by atoms with Crippen LogP contribution in [-0.2, 0) is 15.3 Å². The maximum atomic E-state index is 11.0. The molecule has 0 spiro atoms. The number of thioether (sulfide) groups is 1. The molecule has 1 atom stereocenters. The lowest BCUT2D eigenvalue weighted by Gasteiger charge is -2.13. The van der Waals surface area contributed by atoms with Gasteiger partial charge in [0.1, 0.15) is 6.04 Å². The first kappa shape index (κ1) is 13.9. The number of carbonyl (C=O) groups excluding carboxylic acids is 1. The number of amides is 1. The van der Waals surface area contributed by atoms with E-state index in [2.05, 4.69) is 14.9 Å². The molecule has 0 saturated heterocycles. The molecule has 1 aliphatic carbocycles. The Morgan fingerprint density at radius 1 is 1.63 bits per heavy atom. The van der Waals surface area contributed by atoms with Gasteiger partial charge >= 0.3 is 5.97 Å². The van der Waals surface area contributed by atoms with Gasteiger partial charge < -0.3 is 15.0 Å². The van der Waals surface area contributed by atoms with Crippen molar-refractivity contribution in [2.75, 3.05) is 5.75 Å². The van der Waals surface area contributed by atoms with Crippen molar-refractivity contribution < 1.29 is 14.7 Å². The van der Waals surface area contributed by atoms with E-state index >= 15 is 0 Å². The topological polar surface area (TPSA) is 84.2 Å². The standard InChI is InChI=1S/C12H17N3O3S/c1-8(16)14-11(12(17)18)6-19-5-10-4-13-7-15(10)9-2-3-9/h4,7,9,11H,2-3,5-6H2,1H3,(H,14,16)(H,17,18)/t11-/m0/s1. The minimum Gasteiger partial charge on any atom is -0.480 e. The molecule has 2 rings (SSSR count). The molecule has 1 heterocycles. The molecular weight excluding hydrogens is 266 g/mol. The van der Waals surface area contributed by atoms with Crippen LogP contribution in [-0.4, -0.2) is 38.3 Å². The monoisotopic (exact) mass is 283 g/mol. The predicted octanol–water partition coefficient (Wildman–Crippen LogP) is 1.04. The number of carbonyl (C=O) groups is 2. The smallest absolute Gasteiger partial charge is 0.327 e. The van der Waals surface area contributed by atoms with Crippen LogP contribution in [0.2, 0.25) is 0 Å². The summed E-state index contributed by atoms with van der Waals surface area (Å²) in [5.74, 6) is -0.264. The number of hydrogen-bond donors (Lipinski definition) is 2. The summed E-state index contributed by atoms with van der Waals surface area (Å²) in [5, 5.41) is 11.4. The van der Waals surface area contributed by atoms with Crippen molar-refractivity contribution in [3.8, 4) is 0 Å². The van der Waals surface area contributed by atoms with Gasteiger partial charge in [0.2, 0.25) is 5.91 Å². The zero-order valence-electron chi connectivity index (χ0n) is 10.7. The molecule has 1 aromatic rings. The number of carboxylic acids is 1. The number of carboxylic acid groups (broad SMARTS) is 1. The number of aliphatic carboxylic acids is 1. The Morgan fingerprint density at radius 3 is 2.95 bits per heavy atom. The number of nitrogens with zero attached hydrogens (tertiary/aromatic N) is 2. The lowest BCUT2D eigenvalue weighted by Crippen LogP contribution is -2.41. The van der Waals surface area contributed by atoms with E-state index in [4.69, 9.17) is 5.11 Å². The molecule has 1 amide bonds. The molecule has 7 heteroatoms. The van der Waals surface area contributed by atoms with Crippen LogP contribution in [0.25, 0.3) is 0 Å². The Balaban J connectivity index is 1.82. The van der Waals surface area contributed by atoms with Crippen molar-refractivity contribution in [3.05, 3.63) is 18.2 Å². The third-order valence-corrected chi connectivity index (χ3v) is 3.97. The molecule has 0 bridgehead atoms. The van der Waals surface area contributed by atoms with Crippen molar-refractivity contribution in [2.24, 2.45) is 0 Å². The summed E-state index contributed by atoms with van der Waals surface area (Å²) in [6.45, 7) is 1.32. The van der Waals surface area contributed by atoms with E-state index < -0.39 is 12.0 Å². The van der Waals surface area contributed by atoms with Crippen LogP contribution in [0.4, 0.5) is 0 Å². The van der Waals surface area contributed by atoms with Gasteiger partial charge in [-0.05, 0) is 12.8 Å². The molecule has 1 aliphatic rings. The number of nitrogens with one attached hydrogen (secondary N) is 1. The normalized spacial score (nSPS) is 16.1. The van der Waals surface area contributed by atoms with Crippen molar-refractivity contribution in [1.82, 2.24) is 14.9 Å². The van der Waals surface area contributed by atoms with Crippen molar-refractivity contribution in [1.29, 1.82) is 0 Å². The van der Waals surface area contributed by atoms with E-state index in [0.717, 1.165) is 5.69 Å². The number of aromatic nitrogens is 2. The average Bonchev–Trinajstić information content (AvgIpc) is 3.07. The Hall–Kier alpha value is -1.50. The molecule has 0 unspecified atom stereocenters. The minimum absolute atomic E-state index is 0.323. The fraction of sp³-hybridized carbons (Fsp3) is 0.583. The van der Waals surface area contributed by atoms with E-state index in [1.807, 2.05) is 12.5 Å². The van der Waals surface area contributed by atoms with Gasteiger partial charge in [-0.15, -0.1) is 0 Å². The second-order valence-electron chi connectivity index (χ2n) is 4.63. The maximum absolute atomic E-state index is 11.0. The van der Waals surface area contributed by atoms with Crippen LogP contribution in [0.15, 0.2) is 12.5 Å². The first-order chi connectivity index (χ1) is 9.08. The SMILES string of the molecule is CC(=O)N[C@@H](CSCc1cncn1C1CC1)C(=O)O. The Bertz CT molecular complexity index is 471. The van der Waals surface area contributed by atoms with Crippen LogP contribution in [0.1, 0.15) is 31.5 Å². The van der Waals surface area contributed by atoms with Gasteiger partial charge in [-0.3, -0.25) is 4.79 Å². The fourth-order valence-corrected chi connectivity index (χ4v) is 2.84. The lowest BCUT2D eigenvalue weighted by atomic mass is 10.3. The van der Waals surface area contributed by atoms with Gasteiger partial charge in [0, 0.05) is 36.4 Å². The van der Waals surface area contributed by atoms with Crippen LogP contribution < -0.4 is 5.32 Å². The van der Waals surface area contributed by atoms with Crippen LogP contribution in [0, 0.1) is 0 Å². The van der Waals surface area contributed by atoms with Gasteiger partial charge in [0.25, 0.3) is 0 Å². The second-order valence-corrected chi connectivity index (χ2v) is 5.66. The van der Waals surface area contributed by atoms with E-state index in [1.54, 1.807) is 0 Å². The third kappa shape index (κ3) is 3.99. The highest BCUT2D eigenvalue weighted by Crippen LogP contribution is 2.36. The summed E-state index contributed by atoms with van der Waals surface area (Å²) in [5.41, 5.74) is 1.11. The Kier molecular flexibility index (Phi) is 4.47. The Morgan fingerprint density at radius 2 is 2.37 bits per heavy atom. The van der Waals surface area contributed by atoms with Crippen molar-refractivity contribution in [3.63, 3.8) is 0 Å². The van der Waals surface area contributed by atoms with Crippen LogP contribution >= 0.6 is 11.8 Å². The summed E-state index contributed by atoms with van der Waals surface area (Å²) in [4.78, 5) is 26.0. The molecular formula is C12H17N3O3S. The molecule has 19 heavy (non-hydrogen) atoms. The first-order valence-electron chi connectivity index (χ1n) is 6.16. The molecule has 0 radical (unpaired) electrons. The molecule has 6 nitrogen and oxygen atoms in total. The highest BCUT2D eigenvalue weighted by Gasteiger charge is 2.25. The summed E-state index contributed by atoms with van der Waals surface area (Å²) in [6.07, 6.45) is 6.03. The van der Waals surface area contributed by atoms with Crippen LogP contribution in [0.3, 0.4) is 0 Å². The van der Waals surface area contributed by atoms with E-state index in [-0.39, 0.29) is 5.91 Å². The Labute approximate surface area is 115 Å². The van der Waals surface area contributed by atoms with Gasteiger partial charge in [0.05, 0.1) is 6.33 Å². The number of imidazole rings is 1. The molecule has 1 aromatic heterocycles. The van der Waals surface area contributed by atoms with E-state index in [0.29, 0.717) is 17.5 Å². The first-order valence-corrected chi connectivity index (χ1v) is 7.31. The molecule has 104 valence electrons. The molecule has 2 N–H and O–H groups in total. The molecule has 1 fully saturated rings. The summed E-state index contributed by atoms with van der Waals surface area (Å²) in [6, 6.07) is -0.261.